The van der Waals surface area contributed by atoms with E-state index >= 15 is 0 Å². The Bertz CT molecular complexity index is 363. The number of hydrogen-bond donors (Lipinski definition) is 1. The summed E-state index contributed by atoms with van der Waals surface area (Å²) < 4.78 is 10.5. The first-order valence-corrected chi connectivity index (χ1v) is 5.42. The first-order chi connectivity index (χ1) is 7.33. The summed E-state index contributed by atoms with van der Waals surface area (Å²) >= 11 is 0. The summed E-state index contributed by atoms with van der Waals surface area (Å²) in [5.74, 6) is 0.360. The summed E-state index contributed by atoms with van der Waals surface area (Å²) in [5, 5.41) is 0. The van der Waals surface area contributed by atoms with Gasteiger partial charge in [0.25, 0.3) is 0 Å². The molecule has 0 saturated carbocycles. The maximum absolute atomic E-state index is 11.6. The molecule has 16 heavy (non-hydrogen) atoms. The normalized spacial score (nSPS) is 13.6. The van der Waals surface area contributed by atoms with Crippen molar-refractivity contribution in [3.8, 4) is 0 Å². The molecule has 90 valence electrons. The van der Waals surface area contributed by atoms with E-state index < -0.39 is 11.6 Å². The quantitative estimate of drug-likeness (QED) is 0.803. The average Bonchev–Trinajstić information content (AvgIpc) is 2.62. The molecule has 1 aromatic heterocycles. The second-order valence-corrected chi connectivity index (χ2v) is 4.72. The van der Waals surface area contributed by atoms with Crippen LogP contribution in [-0.2, 0) is 4.74 Å². The van der Waals surface area contributed by atoms with Gasteiger partial charge in [-0.25, -0.2) is 4.79 Å². The summed E-state index contributed by atoms with van der Waals surface area (Å²) in [7, 11) is 0. The zero-order valence-electron chi connectivity index (χ0n) is 10.2. The van der Waals surface area contributed by atoms with Gasteiger partial charge in [0.2, 0.25) is 5.76 Å². The van der Waals surface area contributed by atoms with Gasteiger partial charge in [0, 0.05) is 0 Å². The van der Waals surface area contributed by atoms with Crippen LogP contribution < -0.4 is 5.73 Å². The molecule has 1 unspecified atom stereocenters. The van der Waals surface area contributed by atoms with Crippen LogP contribution in [0.25, 0.3) is 0 Å². The van der Waals surface area contributed by atoms with Gasteiger partial charge in [-0.2, -0.15) is 0 Å². The van der Waals surface area contributed by atoms with Crippen molar-refractivity contribution in [1.82, 2.24) is 0 Å². The zero-order valence-corrected chi connectivity index (χ0v) is 10.2. The molecule has 1 rings (SSSR count). The minimum absolute atomic E-state index is 0.170. The molecule has 0 radical (unpaired) electrons. The summed E-state index contributed by atoms with van der Waals surface area (Å²) in [6.45, 7) is 7.39. The van der Waals surface area contributed by atoms with Crippen molar-refractivity contribution in [3.05, 3.63) is 23.7 Å². The van der Waals surface area contributed by atoms with E-state index in [-0.39, 0.29) is 11.8 Å². The van der Waals surface area contributed by atoms with Gasteiger partial charge in [0.15, 0.2) is 0 Å². The fourth-order valence-electron chi connectivity index (χ4n) is 1.19. The first-order valence-electron chi connectivity index (χ1n) is 5.42. The predicted octanol–water partition coefficient (Wildman–Crippen LogP) is 2.64. The molecule has 1 aromatic rings. The monoisotopic (exact) mass is 225 g/mol. The van der Waals surface area contributed by atoms with Crippen LogP contribution in [0.5, 0.6) is 0 Å². The minimum Gasteiger partial charge on any atom is -0.454 e. The van der Waals surface area contributed by atoms with Gasteiger partial charge in [-0.1, -0.05) is 6.92 Å². The van der Waals surface area contributed by atoms with Crippen LogP contribution >= 0.6 is 0 Å². The minimum atomic E-state index is -0.517. The van der Waals surface area contributed by atoms with Crippen molar-refractivity contribution >= 4 is 5.97 Å². The summed E-state index contributed by atoms with van der Waals surface area (Å²) in [6.07, 6.45) is 0.765. The Kier molecular flexibility index (Phi) is 3.75. The first kappa shape index (κ1) is 12.8. The number of rotatable bonds is 3. The summed E-state index contributed by atoms with van der Waals surface area (Å²) in [6, 6.07) is 3.14. The average molecular weight is 225 g/mol. The number of nitrogens with two attached hydrogens (primary N) is 1. The van der Waals surface area contributed by atoms with Gasteiger partial charge in [0.05, 0.1) is 6.04 Å². The Morgan fingerprint density at radius 1 is 1.50 bits per heavy atom. The van der Waals surface area contributed by atoms with Gasteiger partial charge in [-0.15, -0.1) is 0 Å². The molecule has 1 atom stereocenters. The molecule has 0 bridgehead atoms. The van der Waals surface area contributed by atoms with Crippen molar-refractivity contribution in [2.24, 2.45) is 5.73 Å². The molecule has 0 aliphatic carbocycles. The van der Waals surface area contributed by atoms with Crippen LogP contribution in [0.4, 0.5) is 0 Å². The third-order valence-corrected chi connectivity index (χ3v) is 2.03. The molecule has 0 saturated heterocycles. The Morgan fingerprint density at radius 3 is 2.62 bits per heavy atom. The summed E-state index contributed by atoms with van der Waals surface area (Å²) in [5.41, 5.74) is 5.27. The highest BCUT2D eigenvalue weighted by atomic mass is 16.6. The highest BCUT2D eigenvalue weighted by Gasteiger charge is 2.21. The van der Waals surface area contributed by atoms with E-state index in [1.54, 1.807) is 12.1 Å². The standard InChI is InChI=1S/C12H19NO3/c1-5-8(13)9-6-7-10(15-9)11(14)16-12(2,3)4/h6-8H,5,13H2,1-4H3. The number of carbonyl (C=O) groups is 1. The van der Waals surface area contributed by atoms with Crippen molar-refractivity contribution in [3.63, 3.8) is 0 Å². The van der Waals surface area contributed by atoms with Crippen molar-refractivity contribution in [2.75, 3.05) is 0 Å². The van der Waals surface area contributed by atoms with Gasteiger partial charge in [0.1, 0.15) is 11.4 Å². The molecule has 0 spiro atoms. The second-order valence-electron chi connectivity index (χ2n) is 4.72. The molecule has 0 aliphatic heterocycles. The Hall–Kier alpha value is -1.29. The van der Waals surface area contributed by atoms with Gasteiger partial charge in [-0.05, 0) is 39.3 Å². The lowest BCUT2D eigenvalue weighted by atomic mass is 10.2. The lowest BCUT2D eigenvalue weighted by Crippen LogP contribution is -2.23. The highest BCUT2D eigenvalue weighted by Crippen LogP contribution is 2.19. The molecule has 0 aliphatic rings. The van der Waals surface area contributed by atoms with E-state index in [4.69, 9.17) is 14.9 Å². The van der Waals surface area contributed by atoms with E-state index in [1.165, 1.54) is 0 Å². The van der Waals surface area contributed by atoms with Crippen LogP contribution in [0.1, 0.15) is 56.5 Å². The lowest BCUT2D eigenvalue weighted by molar-refractivity contribution is 0.00339. The second kappa shape index (κ2) is 4.70. The third kappa shape index (κ3) is 3.38. The topological polar surface area (TPSA) is 65.5 Å². The molecule has 1 heterocycles. The third-order valence-electron chi connectivity index (χ3n) is 2.03. The SMILES string of the molecule is CCC(N)c1ccc(C(=O)OC(C)(C)C)o1. The predicted molar refractivity (Wildman–Crippen MR) is 61.1 cm³/mol. The van der Waals surface area contributed by atoms with E-state index in [9.17, 15) is 4.79 Å². The Morgan fingerprint density at radius 2 is 2.12 bits per heavy atom. The van der Waals surface area contributed by atoms with Crippen molar-refractivity contribution < 1.29 is 13.9 Å². The van der Waals surface area contributed by atoms with Crippen LogP contribution in [0, 0.1) is 0 Å². The van der Waals surface area contributed by atoms with Gasteiger partial charge < -0.3 is 14.9 Å². The molecule has 0 aromatic carbocycles. The van der Waals surface area contributed by atoms with Gasteiger partial charge >= 0.3 is 5.97 Å². The van der Waals surface area contributed by atoms with Crippen molar-refractivity contribution in [2.45, 2.75) is 45.8 Å². The number of ether oxygens (including phenoxy) is 1. The van der Waals surface area contributed by atoms with Crippen LogP contribution in [0.2, 0.25) is 0 Å². The van der Waals surface area contributed by atoms with Crippen molar-refractivity contribution in [1.29, 1.82) is 0 Å². The van der Waals surface area contributed by atoms with E-state index in [2.05, 4.69) is 0 Å². The Labute approximate surface area is 95.8 Å². The highest BCUT2D eigenvalue weighted by molar-refractivity contribution is 5.86. The van der Waals surface area contributed by atoms with Gasteiger partial charge in [-0.3, -0.25) is 0 Å². The fraction of sp³-hybridized carbons (Fsp3) is 0.583. The molecule has 0 amide bonds. The molecule has 4 heteroatoms. The molecular weight excluding hydrogens is 206 g/mol. The zero-order chi connectivity index (χ0) is 12.3. The smallest absolute Gasteiger partial charge is 0.374 e. The largest absolute Gasteiger partial charge is 0.454 e. The molecule has 4 nitrogen and oxygen atoms in total. The lowest BCUT2D eigenvalue weighted by Gasteiger charge is -2.18. The number of hydrogen-bond acceptors (Lipinski definition) is 4. The van der Waals surface area contributed by atoms with E-state index in [0.29, 0.717) is 5.76 Å². The maximum atomic E-state index is 11.6. The summed E-state index contributed by atoms with van der Waals surface area (Å²) in [4.78, 5) is 11.6. The molecule has 0 fully saturated rings. The van der Waals surface area contributed by atoms with Crippen LogP contribution in [0.15, 0.2) is 16.5 Å². The molecular formula is C12H19NO3. The number of carbonyl (C=O) groups excluding carboxylic acids is 1. The van der Waals surface area contributed by atoms with Crippen LogP contribution in [0.3, 0.4) is 0 Å². The van der Waals surface area contributed by atoms with E-state index in [1.807, 2.05) is 27.7 Å². The maximum Gasteiger partial charge on any atom is 0.374 e. The Balaban J connectivity index is 2.75. The van der Waals surface area contributed by atoms with Crippen LogP contribution in [-0.4, -0.2) is 11.6 Å². The molecule has 2 N–H and O–H groups in total. The number of furan rings is 1. The fourth-order valence-corrected chi connectivity index (χ4v) is 1.19. The van der Waals surface area contributed by atoms with E-state index in [0.717, 1.165) is 6.42 Å². The number of esters is 1.